The molecule has 3 fully saturated rings. The quantitative estimate of drug-likeness (QED) is 0.470. The molecule has 4 rings (SSSR count). The zero-order valence-electron chi connectivity index (χ0n) is 6.23. The minimum absolute atomic E-state index is 0.542. The van der Waals surface area contributed by atoms with Crippen molar-refractivity contribution in [1.29, 1.82) is 0 Å². The molecule has 4 aliphatic rings. The van der Waals surface area contributed by atoms with Crippen LogP contribution in [0.5, 0.6) is 0 Å². The van der Waals surface area contributed by atoms with Crippen molar-refractivity contribution in [2.24, 2.45) is 35.5 Å². The van der Waals surface area contributed by atoms with E-state index >= 15 is 0 Å². The molecular formula is C10H10O. The van der Waals surface area contributed by atoms with Crippen molar-refractivity contribution in [3.05, 3.63) is 12.2 Å². The summed E-state index contributed by atoms with van der Waals surface area (Å²) >= 11 is 0. The van der Waals surface area contributed by atoms with Gasteiger partial charge in [-0.15, -0.1) is 0 Å². The molecule has 0 amide bonds. The third-order valence-corrected chi connectivity index (χ3v) is 4.35. The largest absolute Gasteiger partial charge is 0.299 e. The number of allylic oxidation sites excluding steroid dienone is 2. The highest BCUT2D eigenvalue weighted by atomic mass is 16.1. The topological polar surface area (TPSA) is 17.1 Å². The van der Waals surface area contributed by atoms with Crippen LogP contribution in [0.25, 0.3) is 0 Å². The summed E-state index contributed by atoms with van der Waals surface area (Å²) in [7, 11) is 0. The van der Waals surface area contributed by atoms with E-state index in [-0.39, 0.29) is 0 Å². The molecule has 6 atom stereocenters. The summed E-state index contributed by atoms with van der Waals surface area (Å²) in [6.45, 7) is 0. The first kappa shape index (κ1) is 5.13. The Labute approximate surface area is 65.5 Å². The zero-order chi connectivity index (χ0) is 7.16. The number of hydrogen-bond donors (Lipinski definition) is 0. The van der Waals surface area contributed by atoms with Crippen LogP contribution in [0.3, 0.4) is 0 Å². The molecule has 1 nitrogen and oxygen atoms in total. The number of Topliss-reactive ketones (excluding diaryl/α,β-unsaturated/α-hetero) is 1. The van der Waals surface area contributed by atoms with Gasteiger partial charge in [0.2, 0.25) is 0 Å². The molecule has 56 valence electrons. The van der Waals surface area contributed by atoms with Crippen LogP contribution in [0.4, 0.5) is 0 Å². The predicted molar refractivity (Wildman–Crippen MR) is 39.7 cm³/mol. The van der Waals surface area contributed by atoms with Crippen molar-refractivity contribution in [2.75, 3.05) is 0 Å². The van der Waals surface area contributed by atoms with Crippen molar-refractivity contribution in [2.45, 2.75) is 6.42 Å². The Kier molecular flexibility index (Phi) is 0.566. The lowest BCUT2D eigenvalue weighted by Gasteiger charge is -2.34. The van der Waals surface area contributed by atoms with Crippen molar-refractivity contribution in [3.63, 3.8) is 0 Å². The average molecular weight is 146 g/mol. The summed E-state index contributed by atoms with van der Waals surface area (Å²) in [6.07, 6.45) is 6.08. The molecule has 0 N–H and O–H groups in total. The number of rotatable bonds is 0. The fourth-order valence-corrected chi connectivity index (χ4v) is 3.90. The Morgan fingerprint density at radius 2 is 1.64 bits per heavy atom. The second-order valence-electron chi connectivity index (χ2n) is 4.56. The van der Waals surface area contributed by atoms with E-state index in [0.29, 0.717) is 17.6 Å². The standard InChI is InChI=1S/C10H10O/c11-10-8-6-4-1-2-5(3-4)7(6)9(8)10/h1-2,4-9H,3H2. The predicted octanol–water partition coefficient (Wildman–Crippen LogP) is 1.25. The number of fused-ring (bicyclic) bond motifs is 8. The smallest absolute Gasteiger partial charge is 0.141 e. The van der Waals surface area contributed by atoms with Crippen LogP contribution in [0.1, 0.15) is 6.42 Å². The lowest BCUT2D eigenvalue weighted by molar-refractivity contribution is -0.111. The normalized spacial score (nSPS) is 67.5. The van der Waals surface area contributed by atoms with Crippen LogP contribution >= 0.6 is 0 Å². The van der Waals surface area contributed by atoms with Gasteiger partial charge in [0.05, 0.1) is 0 Å². The SMILES string of the molecule is O=C1C2C1C1C3C=CC(C3)C21. The lowest BCUT2D eigenvalue weighted by Crippen LogP contribution is -2.32. The average Bonchev–Trinajstić information content (AvgIpc) is 2.31. The van der Waals surface area contributed by atoms with E-state index in [1.165, 1.54) is 6.42 Å². The van der Waals surface area contributed by atoms with Gasteiger partial charge in [0.25, 0.3) is 0 Å². The van der Waals surface area contributed by atoms with Gasteiger partial charge in [0.1, 0.15) is 5.78 Å². The van der Waals surface area contributed by atoms with E-state index in [1.807, 2.05) is 0 Å². The summed E-state index contributed by atoms with van der Waals surface area (Å²) in [4.78, 5) is 11.2. The number of carbonyl (C=O) groups is 1. The minimum Gasteiger partial charge on any atom is -0.299 e. The zero-order valence-corrected chi connectivity index (χ0v) is 6.23. The van der Waals surface area contributed by atoms with E-state index in [1.54, 1.807) is 0 Å². The van der Waals surface area contributed by atoms with E-state index in [0.717, 1.165) is 23.7 Å². The molecule has 0 aromatic heterocycles. The van der Waals surface area contributed by atoms with Gasteiger partial charge in [0, 0.05) is 11.8 Å². The van der Waals surface area contributed by atoms with Crippen LogP contribution in [0, 0.1) is 35.5 Å². The molecule has 3 saturated carbocycles. The molecule has 2 bridgehead atoms. The van der Waals surface area contributed by atoms with Gasteiger partial charge in [-0.25, -0.2) is 0 Å². The molecule has 0 aromatic rings. The molecule has 0 heterocycles. The van der Waals surface area contributed by atoms with E-state index in [4.69, 9.17) is 0 Å². The van der Waals surface area contributed by atoms with Crippen LogP contribution in [0.15, 0.2) is 12.2 Å². The fourth-order valence-electron chi connectivity index (χ4n) is 3.90. The number of carbonyl (C=O) groups excluding carboxylic acids is 1. The molecule has 11 heavy (non-hydrogen) atoms. The molecular weight excluding hydrogens is 136 g/mol. The van der Waals surface area contributed by atoms with Crippen molar-refractivity contribution in [1.82, 2.24) is 0 Å². The second-order valence-corrected chi connectivity index (χ2v) is 4.56. The Hall–Kier alpha value is -0.590. The molecule has 4 aliphatic carbocycles. The summed E-state index contributed by atoms with van der Waals surface area (Å²) in [5.41, 5.74) is 0. The molecule has 0 radical (unpaired) electrons. The molecule has 1 heteroatoms. The highest BCUT2D eigenvalue weighted by molar-refractivity contribution is 6.03. The van der Waals surface area contributed by atoms with E-state index < -0.39 is 0 Å². The lowest BCUT2D eigenvalue weighted by atomic mass is 9.68. The highest BCUT2D eigenvalue weighted by Gasteiger charge is 2.75. The van der Waals surface area contributed by atoms with E-state index in [9.17, 15) is 4.79 Å². The first-order valence-electron chi connectivity index (χ1n) is 4.60. The van der Waals surface area contributed by atoms with Gasteiger partial charge in [-0.3, -0.25) is 4.79 Å². The van der Waals surface area contributed by atoms with Crippen LogP contribution < -0.4 is 0 Å². The van der Waals surface area contributed by atoms with Gasteiger partial charge >= 0.3 is 0 Å². The Balaban J connectivity index is 1.84. The fraction of sp³-hybridized carbons (Fsp3) is 0.700. The van der Waals surface area contributed by atoms with Crippen LogP contribution in [-0.4, -0.2) is 5.78 Å². The first-order valence-corrected chi connectivity index (χ1v) is 4.60. The maximum absolute atomic E-state index is 11.2. The molecule has 6 unspecified atom stereocenters. The minimum atomic E-state index is 0.542. The van der Waals surface area contributed by atoms with E-state index in [2.05, 4.69) is 12.2 Å². The van der Waals surface area contributed by atoms with Gasteiger partial charge in [-0.2, -0.15) is 0 Å². The maximum atomic E-state index is 11.2. The third kappa shape index (κ3) is 0.350. The Morgan fingerprint density at radius 3 is 2.18 bits per heavy atom. The summed E-state index contributed by atoms with van der Waals surface area (Å²) < 4.78 is 0. The Bertz CT molecular complexity index is 265. The third-order valence-electron chi connectivity index (χ3n) is 4.35. The maximum Gasteiger partial charge on any atom is 0.141 e. The number of hydrogen-bond acceptors (Lipinski definition) is 1. The molecule has 0 saturated heterocycles. The molecule has 0 aliphatic heterocycles. The molecule has 0 aromatic carbocycles. The summed E-state index contributed by atoms with van der Waals surface area (Å²) in [6, 6.07) is 0. The van der Waals surface area contributed by atoms with Gasteiger partial charge in [-0.1, -0.05) is 12.2 Å². The van der Waals surface area contributed by atoms with Crippen molar-refractivity contribution >= 4 is 5.78 Å². The van der Waals surface area contributed by atoms with Gasteiger partial charge in [0.15, 0.2) is 0 Å². The number of ketones is 1. The highest BCUT2D eigenvalue weighted by Crippen LogP contribution is 2.72. The summed E-state index contributed by atoms with van der Waals surface area (Å²) in [5.74, 6) is 4.90. The van der Waals surface area contributed by atoms with Crippen molar-refractivity contribution in [3.8, 4) is 0 Å². The monoisotopic (exact) mass is 146 g/mol. The summed E-state index contributed by atoms with van der Waals surface area (Å²) in [5, 5.41) is 0. The second kappa shape index (κ2) is 1.21. The molecule has 0 spiro atoms. The van der Waals surface area contributed by atoms with Gasteiger partial charge in [-0.05, 0) is 30.1 Å². The first-order chi connectivity index (χ1) is 5.38. The van der Waals surface area contributed by atoms with Crippen LogP contribution in [-0.2, 0) is 4.79 Å². The van der Waals surface area contributed by atoms with Crippen LogP contribution in [0.2, 0.25) is 0 Å². The Morgan fingerprint density at radius 1 is 1.09 bits per heavy atom. The van der Waals surface area contributed by atoms with Crippen molar-refractivity contribution < 1.29 is 4.79 Å². The van der Waals surface area contributed by atoms with Gasteiger partial charge < -0.3 is 0 Å².